The van der Waals surface area contributed by atoms with E-state index in [0.717, 1.165) is 15.7 Å². The lowest BCUT2D eigenvalue weighted by Gasteiger charge is -2.20. The van der Waals surface area contributed by atoms with Crippen LogP contribution in [-0.2, 0) is 9.59 Å². The highest BCUT2D eigenvalue weighted by molar-refractivity contribution is 8.00. The monoisotopic (exact) mass is 303 g/mol. The smallest absolute Gasteiger partial charge is 0.328 e. The predicted molar refractivity (Wildman–Crippen MR) is 84.5 cm³/mol. The summed E-state index contributed by atoms with van der Waals surface area (Å²) in [5, 5.41) is 13.7. The molecule has 5 heteroatoms. The van der Waals surface area contributed by atoms with E-state index in [9.17, 15) is 9.59 Å². The van der Waals surface area contributed by atoms with Crippen molar-refractivity contribution in [2.24, 2.45) is 0 Å². The van der Waals surface area contributed by atoms with Crippen LogP contribution in [0.5, 0.6) is 0 Å². The number of aliphatic carboxylic acids is 1. The van der Waals surface area contributed by atoms with Crippen LogP contribution >= 0.6 is 11.8 Å². The largest absolute Gasteiger partial charge is 0.480 e. The summed E-state index contributed by atoms with van der Waals surface area (Å²) in [6, 6.07) is 14.0. The van der Waals surface area contributed by atoms with Gasteiger partial charge in [-0.2, -0.15) is 0 Å². The molecule has 2 rings (SSSR count). The molecule has 0 atom stereocenters. The summed E-state index contributed by atoms with van der Waals surface area (Å²) in [6.45, 7) is 2.93. The maximum atomic E-state index is 11.8. The SMILES string of the molecule is CC(C)(NC(=O)CSc1ccc2ccccc2c1)C(=O)O. The molecule has 0 aromatic heterocycles. The molecule has 0 spiro atoms. The van der Waals surface area contributed by atoms with Gasteiger partial charge in [0.1, 0.15) is 5.54 Å². The number of rotatable bonds is 5. The van der Waals surface area contributed by atoms with Crippen molar-refractivity contribution in [1.29, 1.82) is 0 Å². The standard InChI is InChI=1S/C16H17NO3S/c1-16(2,15(19)20)17-14(18)10-21-13-8-7-11-5-3-4-6-12(11)9-13/h3-9H,10H2,1-2H3,(H,17,18)(H,19,20). The zero-order chi connectivity index (χ0) is 15.5. The van der Waals surface area contributed by atoms with Crippen LogP contribution in [0.3, 0.4) is 0 Å². The zero-order valence-corrected chi connectivity index (χ0v) is 12.7. The van der Waals surface area contributed by atoms with Crippen molar-refractivity contribution >= 4 is 34.4 Å². The number of thioether (sulfide) groups is 1. The molecule has 0 aliphatic carbocycles. The van der Waals surface area contributed by atoms with Gasteiger partial charge in [-0.05, 0) is 36.8 Å². The Morgan fingerprint density at radius 3 is 2.48 bits per heavy atom. The summed E-state index contributed by atoms with van der Waals surface area (Å²) in [5.41, 5.74) is -1.25. The molecule has 0 aliphatic rings. The number of carboxylic acid groups (broad SMARTS) is 1. The van der Waals surface area contributed by atoms with Gasteiger partial charge in [0.25, 0.3) is 0 Å². The van der Waals surface area contributed by atoms with Crippen molar-refractivity contribution in [2.45, 2.75) is 24.3 Å². The number of amides is 1. The summed E-state index contributed by atoms with van der Waals surface area (Å²) in [6.07, 6.45) is 0. The molecule has 2 aromatic carbocycles. The molecule has 0 aliphatic heterocycles. The summed E-state index contributed by atoms with van der Waals surface area (Å²) < 4.78 is 0. The van der Waals surface area contributed by atoms with Gasteiger partial charge in [0.2, 0.25) is 5.91 Å². The fourth-order valence-corrected chi connectivity index (χ4v) is 2.59. The molecule has 0 bridgehead atoms. The fraction of sp³-hybridized carbons (Fsp3) is 0.250. The average molecular weight is 303 g/mol. The third kappa shape index (κ3) is 3.98. The minimum absolute atomic E-state index is 0.190. The topological polar surface area (TPSA) is 66.4 Å². The molecule has 2 aromatic rings. The van der Waals surface area contributed by atoms with Crippen LogP contribution < -0.4 is 5.32 Å². The maximum Gasteiger partial charge on any atom is 0.328 e. The van der Waals surface area contributed by atoms with Crippen molar-refractivity contribution < 1.29 is 14.7 Å². The summed E-state index contributed by atoms with van der Waals surface area (Å²) in [4.78, 5) is 23.7. The first kappa shape index (κ1) is 15.4. The van der Waals surface area contributed by atoms with Gasteiger partial charge < -0.3 is 10.4 Å². The minimum Gasteiger partial charge on any atom is -0.480 e. The van der Waals surface area contributed by atoms with Crippen LogP contribution in [-0.4, -0.2) is 28.3 Å². The lowest BCUT2D eigenvalue weighted by atomic mass is 10.1. The molecule has 0 radical (unpaired) electrons. The zero-order valence-electron chi connectivity index (χ0n) is 11.9. The Kier molecular flexibility index (Phi) is 4.53. The van der Waals surface area contributed by atoms with E-state index in [1.165, 1.54) is 25.6 Å². The van der Waals surface area contributed by atoms with Gasteiger partial charge in [0.15, 0.2) is 0 Å². The number of fused-ring (bicyclic) bond motifs is 1. The summed E-state index contributed by atoms with van der Waals surface area (Å²) >= 11 is 1.39. The highest BCUT2D eigenvalue weighted by Crippen LogP contribution is 2.23. The van der Waals surface area contributed by atoms with Crippen LogP contribution in [0.25, 0.3) is 10.8 Å². The predicted octanol–water partition coefficient (Wildman–Crippen LogP) is 2.91. The summed E-state index contributed by atoms with van der Waals surface area (Å²) in [7, 11) is 0. The van der Waals surface area contributed by atoms with Gasteiger partial charge in [-0.15, -0.1) is 11.8 Å². The molecule has 0 heterocycles. The van der Waals surface area contributed by atoms with Crippen LogP contribution in [0.2, 0.25) is 0 Å². The van der Waals surface area contributed by atoms with Gasteiger partial charge in [-0.25, -0.2) is 4.79 Å². The minimum atomic E-state index is -1.25. The number of benzene rings is 2. The maximum absolute atomic E-state index is 11.8. The van der Waals surface area contributed by atoms with Crippen molar-refractivity contribution in [2.75, 3.05) is 5.75 Å². The highest BCUT2D eigenvalue weighted by atomic mass is 32.2. The first-order valence-corrected chi connectivity index (χ1v) is 7.53. The van der Waals surface area contributed by atoms with Gasteiger partial charge in [0.05, 0.1) is 5.75 Å². The van der Waals surface area contributed by atoms with Gasteiger partial charge in [-0.3, -0.25) is 4.79 Å². The molecule has 21 heavy (non-hydrogen) atoms. The lowest BCUT2D eigenvalue weighted by molar-refractivity contribution is -0.145. The second-order valence-electron chi connectivity index (χ2n) is 5.28. The van der Waals surface area contributed by atoms with Gasteiger partial charge >= 0.3 is 5.97 Å². The molecule has 110 valence electrons. The number of carboxylic acids is 1. The quantitative estimate of drug-likeness (QED) is 0.834. The van der Waals surface area contributed by atoms with Crippen molar-refractivity contribution in [3.63, 3.8) is 0 Å². The van der Waals surface area contributed by atoms with E-state index in [0.29, 0.717) is 0 Å². The van der Waals surface area contributed by atoms with E-state index in [2.05, 4.69) is 5.32 Å². The normalized spacial score (nSPS) is 11.3. The Morgan fingerprint density at radius 2 is 1.81 bits per heavy atom. The second kappa shape index (κ2) is 6.18. The lowest BCUT2D eigenvalue weighted by Crippen LogP contribution is -2.50. The number of carbonyl (C=O) groups is 2. The summed E-state index contributed by atoms with van der Waals surface area (Å²) in [5.74, 6) is -1.15. The molecule has 1 amide bonds. The third-order valence-electron chi connectivity index (χ3n) is 3.08. The van der Waals surface area contributed by atoms with E-state index >= 15 is 0 Å². The highest BCUT2D eigenvalue weighted by Gasteiger charge is 2.28. The van der Waals surface area contributed by atoms with Gasteiger partial charge in [-0.1, -0.05) is 30.3 Å². The molecule has 4 nitrogen and oxygen atoms in total. The molecular formula is C16H17NO3S. The van der Waals surface area contributed by atoms with Crippen molar-refractivity contribution in [3.8, 4) is 0 Å². The van der Waals surface area contributed by atoms with Gasteiger partial charge in [0, 0.05) is 4.90 Å². The second-order valence-corrected chi connectivity index (χ2v) is 6.32. The number of hydrogen-bond acceptors (Lipinski definition) is 3. The Hall–Kier alpha value is -2.01. The molecule has 0 unspecified atom stereocenters. The van der Waals surface area contributed by atoms with Crippen molar-refractivity contribution in [3.05, 3.63) is 42.5 Å². The molecular weight excluding hydrogens is 286 g/mol. The Morgan fingerprint density at radius 1 is 1.14 bits per heavy atom. The molecule has 2 N–H and O–H groups in total. The fourth-order valence-electron chi connectivity index (χ4n) is 1.84. The van der Waals surface area contributed by atoms with E-state index in [4.69, 9.17) is 5.11 Å². The van der Waals surface area contributed by atoms with E-state index < -0.39 is 11.5 Å². The molecule has 0 saturated carbocycles. The Balaban J connectivity index is 1.98. The number of carbonyl (C=O) groups excluding carboxylic acids is 1. The number of hydrogen-bond donors (Lipinski definition) is 2. The Labute approximate surface area is 127 Å². The van der Waals surface area contributed by atoms with Crippen LogP contribution in [0.1, 0.15) is 13.8 Å². The van der Waals surface area contributed by atoms with Crippen LogP contribution in [0, 0.1) is 0 Å². The molecule has 0 saturated heterocycles. The first-order chi connectivity index (χ1) is 9.88. The third-order valence-corrected chi connectivity index (χ3v) is 4.07. The van der Waals surface area contributed by atoms with Crippen LogP contribution in [0.4, 0.5) is 0 Å². The number of nitrogens with one attached hydrogen (secondary N) is 1. The van der Waals surface area contributed by atoms with Crippen molar-refractivity contribution in [1.82, 2.24) is 5.32 Å². The van der Waals surface area contributed by atoms with E-state index in [1.54, 1.807) is 0 Å². The van der Waals surface area contributed by atoms with E-state index in [1.807, 2.05) is 42.5 Å². The average Bonchev–Trinajstić information content (AvgIpc) is 2.44. The van der Waals surface area contributed by atoms with E-state index in [-0.39, 0.29) is 11.7 Å². The Bertz CT molecular complexity index is 682. The molecule has 0 fully saturated rings. The first-order valence-electron chi connectivity index (χ1n) is 6.54. The van der Waals surface area contributed by atoms with Crippen LogP contribution in [0.15, 0.2) is 47.4 Å².